The number of carbonyl (C=O) groups is 1. The maximum Gasteiger partial charge on any atom is 0.232 e. The summed E-state index contributed by atoms with van der Waals surface area (Å²) in [6.07, 6.45) is 1.88. The summed E-state index contributed by atoms with van der Waals surface area (Å²) in [6.45, 7) is 4.49. The average molecular weight is 437 g/mol. The fraction of sp³-hybridized carbons (Fsp3) is 0.440. The molecule has 4 rings (SSSR count). The number of ether oxygens (including phenoxy) is 2. The molecule has 2 aliphatic rings. The molecule has 7 heteroatoms. The van der Waals surface area contributed by atoms with Crippen LogP contribution >= 0.6 is 0 Å². The molecule has 0 radical (unpaired) electrons. The van der Waals surface area contributed by atoms with E-state index in [1.807, 2.05) is 35.2 Å². The number of rotatable bonds is 7. The fourth-order valence-electron chi connectivity index (χ4n) is 4.18. The normalized spacial score (nSPS) is 16.8. The van der Waals surface area contributed by atoms with E-state index >= 15 is 0 Å². The maximum atomic E-state index is 13.3. The van der Waals surface area contributed by atoms with Crippen LogP contribution in [0.3, 0.4) is 0 Å². The van der Waals surface area contributed by atoms with Crippen LogP contribution < -0.4 is 15.4 Å². The third-order valence-corrected chi connectivity index (χ3v) is 5.98. The van der Waals surface area contributed by atoms with Crippen molar-refractivity contribution in [2.75, 3.05) is 53.0 Å². The molecule has 2 aromatic carbocycles. The Hall–Kier alpha value is -3.06. The summed E-state index contributed by atoms with van der Waals surface area (Å²) in [5.41, 5.74) is 3.58. The smallest absolute Gasteiger partial charge is 0.232 e. The zero-order chi connectivity index (χ0) is 22.2. The monoisotopic (exact) mass is 436 g/mol. The van der Waals surface area contributed by atoms with Gasteiger partial charge in [0.2, 0.25) is 5.91 Å². The van der Waals surface area contributed by atoms with Gasteiger partial charge in [0, 0.05) is 39.6 Å². The standard InChI is InChI=1S/C25H32N4O3/c1-26-25(27-11-9-19-7-8-23-21(17-19)10-14-32-23)28-18-22(20-5-3-2-4-6-20)24(30)29-12-15-31-16-13-29/h2-8,17,22H,9-16,18H2,1H3,(H2,26,27,28). The lowest BCUT2D eigenvalue weighted by molar-refractivity contribution is -0.136. The first kappa shape index (κ1) is 22.1. The molecule has 32 heavy (non-hydrogen) atoms. The lowest BCUT2D eigenvalue weighted by atomic mass is 9.97. The van der Waals surface area contributed by atoms with Gasteiger partial charge in [-0.05, 0) is 29.2 Å². The van der Waals surface area contributed by atoms with Gasteiger partial charge in [0.05, 0.1) is 25.7 Å². The highest BCUT2D eigenvalue weighted by molar-refractivity contribution is 5.86. The number of fused-ring (bicyclic) bond motifs is 1. The summed E-state index contributed by atoms with van der Waals surface area (Å²) < 4.78 is 11.0. The molecular formula is C25H32N4O3. The lowest BCUT2D eigenvalue weighted by Crippen LogP contribution is -2.47. The van der Waals surface area contributed by atoms with E-state index in [2.05, 4.69) is 33.8 Å². The van der Waals surface area contributed by atoms with Gasteiger partial charge in [0.1, 0.15) is 5.75 Å². The van der Waals surface area contributed by atoms with Gasteiger partial charge >= 0.3 is 0 Å². The van der Waals surface area contributed by atoms with Crippen LogP contribution in [-0.4, -0.2) is 69.8 Å². The number of morpholine rings is 1. The Morgan fingerprint density at radius 1 is 1.09 bits per heavy atom. The van der Waals surface area contributed by atoms with Gasteiger partial charge in [0.15, 0.2) is 5.96 Å². The molecule has 0 bridgehead atoms. The topological polar surface area (TPSA) is 75.2 Å². The molecule has 1 saturated heterocycles. The Labute approximate surface area is 189 Å². The quantitative estimate of drug-likeness (QED) is 0.513. The number of guanidine groups is 1. The van der Waals surface area contributed by atoms with Crippen LogP contribution in [0.1, 0.15) is 22.6 Å². The van der Waals surface area contributed by atoms with Crippen molar-refractivity contribution in [3.63, 3.8) is 0 Å². The number of carbonyl (C=O) groups excluding carboxylic acids is 1. The van der Waals surface area contributed by atoms with Gasteiger partial charge in [-0.25, -0.2) is 0 Å². The van der Waals surface area contributed by atoms with E-state index in [0.29, 0.717) is 38.8 Å². The number of hydrogen-bond acceptors (Lipinski definition) is 4. The molecule has 2 heterocycles. The van der Waals surface area contributed by atoms with Crippen molar-refractivity contribution in [1.82, 2.24) is 15.5 Å². The SMILES string of the molecule is CN=C(NCCc1ccc2c(c1)CCO2)NCC(C(=O)N1CCOCC1)c1ccccc1. The molecule has 0 spiro atoms. The average Bonchev–Trinajstić information content (AvgIpc) is 3.32. The number of nitrogens with zero attached hydrogens (tertiary/aromatic N) is 2. The zero-order valence-electron chi connectivity index (χ0n) is 18.7. The van der Waals surface area contributed by atoms with Gasteiger partial charge in [-0.15, -0.1) is 0 Å². The van der Waals surface area contributed by atoms with Crippen LogP contribution in [0.2, 0.25) is 0 Å². The minimum Gasteiger partial charge on any atom is -0.493 e. The number of nitrogens with one attached hydrogen (secondary N) is 2. The van der Waals surface area contributed by atoms with Crippen molar-refractivity contribution in [1.29, 1.82) is 0 Å². The Morgan fingerprint density at radius 3 is 2.69 bits per heavy atom. The molecule has 0 aromatic heterocycles. The largest absolute Gasteiger partial charge is 0.493 e. The van der Waals surface area contributed by atoms with Crippen molar-refractivity contribution in [3.8, 4) is 5.75 Å². The molecule has 1 amide bonds. The van der Waals surface area contributed by atoms with E-state index in [1.165, 1.54) is 11.1 Å². The van der Waals surface area contributed by atoms with Crippen molar-refractivity contribution < 1.29 is 14.3 Å². The van der Waals surface area contributed by atoms with Gasteiger partial charge in [-0.2, -0.15) is 0 Å². The number of aliphatic imine (C=N–C) groups is 1. The van der Waals surface area contributed by atoms with Crippen molar-refractivity contribution in [2.24, 2.45) is 4.99 Å². The highest BCUT2D eigenvalue weighted by atomic mass is 16.5. The lowest BCUT2D eigenvalue weighted by Gasteiger charge is -2.31. The zero-order valence-corrected chi connectivity index (χ0v) is 18.7. The summed E-state index contributed by atoms with van der Waals surface area (Å²) in [6, 6.07) is 16.4. The maximum absolute atomic E-state index is 13.3. The summed E-state index contributed by atoms with van der Waals surface area (Å²) in [5.74, 6) is 1.56. The molecule has 0 aliphatic carbocycles. The number of benzene rings is 2. The van der Waals surface area contributed by atoms with Crippen LogP contribution in [-0.2, 0) is 22.4 Å². The van der Waals surface area contributed by atoms with E-state index in [-0.39, 0.29) is 11.8 Å². The number of hydrogen-bond donors (Lipinski definition) is 2. The molecule has 2 aromatic rings. The van der Waals surface area contributed by atoms with Crippen LogP contribution in [0, 0.1) is 0 Å². The minimum absolute atomic E-state index is 0.128. The Kier molecular flexibility index (Phi) is 7.61. The molecule has 1 atom stereocenters. The third-order valence-electron chi connectivity index (χ3n) is 5.98. The van der Waals surface area contributed by atoms with Gasteiger partial charge in [-0.3, -0.25) is 9.79 Å². The van der Waals surface area contributed by atoms with Crippen molar-refractivity contribution in [3.05, 3.63) is 65.2 Å². The van der Waals surface area contributed by atoms with E-state index < -0.39 is 0 Å². The first-order chi connectivity index (χ1) is 15.7. The molecule has 0 saturated carbocycles. The highest BCUT2D eigenvalue weighted by Gasteiger charge is 2.27. The van der Waals surface area contributed by atoms with Crippen LogP contribution in [0.25, 0.3) is 0 Å². The van der Waals surface area contributed by atoms with Gasteiger partial charge < -0.3 is 25.0 Å². The molecule has 2 aliphatic heterocycles. The van der Waals surface area contributed by atoms with Crippen LogP contribution in [0.15, 0.2) is 53.5 Å². The molecule has 170 valence electrons. The summed E-state index contributed by atoms with van der Waals surface area (Å²) in [5, 5.41) is 6.73. The molecule has 7 nitrogen and oxygen atoms in total. The predicted octanol–water partition coefficient (Wildman–Crippen LogP) is 1.97. The second-order valence-corrected chi connectivity index (χ2v) is 8.07. The molecule has 2 N–H and O–H groups in total. The number of amides is 1. The predicted molar refractivity (Wildman–Crippen MR) is 125 cm³/mol. The van der Waals surface area contributed by atoms with E-state index in [1.54, 1.807) is 7.05 Å². The second kappa shape index (κ2) is 11.0. The first-order valence-electron chi connectivity index (χ1n) is 11.3. The molecule has 1 unspecified atom stereocenters. The fourth-order valence-corrected chi connectivity index (χ4v) is 4.18. The third kappa shape index (κ3) is 5.59. The molecule has 1 fully saturated rings. The summed E-state index contributed by atoms with van der Waals surface area (Å²) in [7, 11) is 1.75. The van der Waals surface area contributed by atoms with E-state index in [0.717, 1.165) is 37.3 Å². The van der Waals surface area contributed by atoms with Gasteiger partial charge in [-0.1, -0.05) is 42.5 Å². The second-order valence-electron chi connectivity index (χ2n) is 8.07. The van der Waals surface area contributed by atoms with Crippen LogP contribution in [0.4, 0.5) is 0 Å². The summed E-state index contributed by atoms with van der Waals surface area (Å²) in [4.78, 5) is 19.5. The summed E-state index contributed by atoms with van der Waals surface area (Å²) >= 11 is 0. The Morgan fingerprint density at radius 2 is 1.91 bits per heavy atom. The van der Waals surface area contributed by atoms with Crippen molar-refractivity contribution >= 4 is 11.9 Å². The first-order valence-corrected chi connectivity index (χ1v) is 11.3. The minimum atomic E-state index is -0.274. The van der Waals surface area contributed by atoms with E-state index in [9.17, 15) is 4.79 Å². The van der Waals surface area contributed by atoms with Gasteiger partial charge in [0.25, 0.3) is 0 Å². The van der Waals surface area contributed by atoms with Crippen molar-refractivity contribution in [2.45, 2.75) is 18.8 Å². The Bertz CT molecular complexity index is 926. The Balaban J connectivity index is 1.33. The van der Waals surface area contributed by atoms with Crippen LogP contribution in [0.5, 0.6) is 5.75 Å². The highest BCUT2D eigenvalue weighted by Crippen LogP contribution is 2.26. The molecular weight excluding hydrogens is 404 g/mol. The van der Waals surface area contributed by atoms with E-state index in [4.69, 9.17) is 9.47 Å².